The van der Waals surface area contributed by atoms with E-state index in [1.165, 1.54) is 6.07 Å². The first-order valence-corrected chi connectivity index (χ1v) is 8.07. The van der Waals surface area contributed by atoms with Crippen LogP contribution in [-0.2, 0) is 5.41 Å². The summed E-state index contributed by atoms with van der Waals surface area (Å²) in [6, 6.07) is 14.7. The summed E-state index contributed by atoms with van der Waals surface area (Å²) in [6.07, 6.45) is 1.74. The van der Waals surface area contributed by atoms with Gasteiger partial charge >= 0.3 is 0 Å². The normalized spacial score (nSPS) is 17.8. The average Bonchev–Trinajstić information content (AvgIpc) is 2.96. The van der Waals surface area contributed by atoms with Gasteiger partial charge in [-0.3, -0.25) is 4.79 Å². The van der Waals surface area contributed by atoms with E-state index < -0.39 is 0 Å². The molecule has 2 aromatic rings. The van der Waals surface area contributed by atoms with E-state index in [1.54, 1.807) is 6.07 Å². The fourth-order valence-electron chi connectivity index (χ4n) is 3.85. The molecule has 4 rings (SSSR count). The average molecular weight is 347 g/mol. The minimum absolute atomic E-state index is 0. The van der Waals surface area contributed by atoms with Gasteiger partial charge in [-0.1, -0.05) is 30.3 Å². The number of carbonyl (C=O) groups excluding carboxylic acids is 1. The number of rotatable bonds is 1. The molecule has 0 unspecified atom stereocenters. The zero-order valence-corrected chi connectivity index (χ0v) is 14.1. The fraction of sp³-hybridized carbons (Fsp3) is 0.316. The number of piperidine rings is 1. The number of para-hydroxylation sites is 1. The van der Waals surface area contributed by atoms with Crippen LogP contribution in [-0.4, -0.2) is 30.4 Å². The van der Waals surface area contributed by atoms with Crippen molar-refractivity contribution in [2.75, 3.05) is 25.0 Å². The summed E-state index contributed by atoms with van der Waals surface area (Å²) in [6.45, 7) is 2.19. The number of halogens is 2. The Kier molecular flexibility index (Phi) is 4.50. The van der Waals surface area contributed by atoms with Crippen molar-refractivity contribution < 1.29 is 9.18 Å². The molecule has 0 bridgehead atoms. The Morgan fingerprint density at radius 2 is 1.75 bits per heavy atom. The molecule has 1 amide bonds. The lowest BCUT2D eigenvalue weighted by molar-refractivity contribution is 0.0676. The van der Waals surface area contributed by atoms with Gasteiger partial charge < -0.3 is 10.2 Å². The molecule has 5 heteroatoms. The first kappa shape index (κ1) is 16.8. The van der Waals surface area contributed by atoms with Crippen LogP contribution in [0.3, 0.4) is 0 Å². The van der Waals surface area contributed by atoms with Crippen LogP contribution >= 0.6 is 12.4 Å². The summed E-state index contributed by atoms with van der Waals surface area (Å²) in [5.41, 5.74) is 2.42. The highest BCUT2D eigenvalue weighted by molar-refractivity contribution is 5.94. The maximum atomic E-state index is 13.9. The van der Waals surface area contributed by atoms with Crippen molar-refractivity contribution in [3.63, 3.8) is 0 Å². The molecule has 0 saturated carbocycles. The van der Waals surface area contributed by atoms with E-state index in [2.05, 4.69) is 5.32 Å². The summed E-state index contributed by atoms with van der Waals surface area (Å²) in [4.78, 5) is 14.5. The summed E-state index contributed by atoms with van der Waals surface area (Å²) in [5, 5.41) is 3.23. The van der Waals surface area contributed by atoms with Crippen molar-refractivity contribution in [2.45, 2.75) is 18.3 Å². The Morgan fingerprint density at radius 1 is 1.04 bits per heavy atom. The highest BCUT2D eigenvalue weighted by atomic mass is 35.5. The van der Waals surface area contributed by atoms with Crippen molar-refractivity contribution in [3.8, 4) is 0 Å². The van der Waals surface area contributed by atoms with Gasteiger partial charge in [-0.25, -0.2) is 4.39 Å². The number of anilines is 1. The smallest absolute Gasteiger partial charge is 0.253 e. The van der Waals surface area contributed by atoms with E-state index in [1.807, 2.05) is 41.3 Å². The van der Waals surface area contributed by atoms with Crippen molar-refractivity contribution in [1.82, 2.24) is 4.90 Å². The van der Waals surface area contributed by atoms with Crippen molar-refractivity contribution >= 4 is 24.0 Å². The maximum Gasteiger partial charge on any atom is 0.253 e. The second-order valence-corrected chi connectivity index (χ2v) is 6.45. The first-order valence-electron chi connectivity index (χ1n) is 8.07. The number of likely N-dealkylation sites (tertiary alicyclic amines) is 1. The van der Waals surface area contributed by atoms with Crippen molar-refractivity contribution in [2.24, 2.45) is 0 Å². The standard InChI is InChI=1S/C19H19FN2O.ClH/c20-16-8-4-7-15-17(16)21-13-19(15)9-11-22(12-10-19)18(23)14-5-2-1-3-6-14;/h1-8,21H,9-13H2;1H. The second-order valence-electron chi connectivity index (χ2n) is 6.45. The van der Waals surface area contributed by atoms with Gasteiger partial charge in [-0.2, -0.15) is 0 Å². The van der Waals surface area contributed by atoms with Gasteiger partial charge in [0.25, 0.3) is 5.91 Å². The van der Waals surface area contributed by atoms with Gasteiger partial charge in [0.2, 0.25) is 0 Å². The molecule has 24 heavy (non-hydrogen) atoms. The van der Waals surface area contributed by atoms with Gasteiger partial charge in [-0.05, 0) is 36.6 Å². The highest BCUT2D eigenvalue weighted by Crippen LogP contribution is 2.44. The van der Waals surface area contributed by atoms with Crippen LogP contribution in [0, 0.1) is 5.82 Å². The highest BCUT2D eigenvalue weighted by Gasteiger charge is 2.43. The first-order chi connectivity index (χ1) is 11.2. The van der Waals surface area contributed by atoms with Crippen molar-refractivity contribution in [3.05, 3.63) is 65.5 Å². The Balaban J connectivity index is 0.00000169. The van der Waals surface area contributed by atoms with Crippen LogP contribution in [0.1, 0.15) is 28.8 Å². The van der Waals surface area contributed by atoms with Gasteiger partial charge in [-0.15, -0.1) is 12.4 Å². The third kappa shape index (κ3) is 2.65. The molecule has 1 saturated heterocycles. The molecule has 0 aliphatic carbocycles. The maximum absolute atomic E-state index is 13.9. The molecule has 0 aromatic heterocycles. The molecule has 3 nitrogen and oxygen atoms in total. The summed E-state index contributed by atoms with van der Waals surface area (Å²) in [5.74, 6) is -0.0898. The minimum atomic E-state index is -0.179. The summed E-state index contributed by atoms with van der Waals surface area (Å²) in [7, 11) is 0. The molecule has 0 atom stereocenters. The number of carbonyl (C=O) groups is 1. The van der Waals surface area contributed by atoms with Crippen LogP contribution in [0.4, 0.5) is 10.1 Å². The quantitative estimate of drug-likeness (QED) is 0.850. The molecule has 1 spiro atoms. The van der Waals surface area contributed by atoms with E-state index in [0.717, 1.165) is 30.5 Å². The van der Waals surface area contributed by atoms with Gasteiger partial charge in [0, 0.05) is 30.6 Å². The Bertz CT molecular complexity index is 742. The van der Waals surface area contributed by atoms with Crippen LogP contribution in [0.15, 0.2) is 48.5 Å². The van der Waals surface area contributed by atoms with E-state index in [0.29, 0.717) is 18.8 Å². The molecule has 2 aliphatic rings. The Morgan fingerprint density at radius 3 is 2.46 bits per heavy atom. The molecule has 1 fully saturated rings. The topological polar surface area (TPSA) is 32.3 Å². The van der Waals surface area contributed by atoms with E-state index in [9.17, 15) is 9.18 Å². The largest absolute Gasteiger partial charge is 0.382 e. The van der Waals surface area contributed by atoms with Crippen LogP contribution in [0.25, 0.3) is 0 Å². The second kappa shape index (κ2) is 6.44. The lowest BCUT2D eigenvalue weighted by Crippen LogP contribution is -2.46. The number of amides is 1. The number of fused-ring (bicyclic) bond motifs is 2. The van der Waals surface area contributed by atoms with E-state index in [-0.39, 0.29) is 29.5 Å². The zero-order chi connectivity index (χ0) is 15.9. The molecule has 2 aromatic carbocycles. The Labute approximate surface area is 147 Å². The molecular formula is C19H20ClFN2O. The van der Waals surface area contributed by atoms with Gasteiger partial charge in [0.1, 0.15) is 5.82 Å². The predicted molar refractivity (Wildman–Crippen MR) is 95.4 cm³/mol. The molecule has 2 heterocycles. The van der Waals surface area contributed by atoms with Gasteiger partial charge in [0.05, 0.1) is 5.69 Å². The number of nitrogens with zero attached hydrogens (tertiary/aromatic N) is 1. The van der Waals surface area contributed by atoms with Crippen LogP contribution < -0.4 is 5.32 Å². The van der Waals surface area contributed by atoms with E-state index >= 15 is 0 Å². The third-order valence-corrected chi connectivity index (χ3v) is 5.22. The van der Waals surface area contributed by atoms with Crippen LogP contribution in [0.2, 0.25) is 0 Å². The molecular weight excluding hydrogens is 327 g/mol. The Hall–Kier alpha value is -2.07. The van der Waals surface area contributed by atoms with E-state index in [4.69, 9.17) is 0 Å². The molecule has 1 N–H and O–H groups in total. The van der Waals surface area contributed by atoms with Crippen LogP contribution in [0.5, 0.6) is 0 Å². The minimum Gasteiger partial charge on any atom is -0.382 e. The predicted octanol–water partition coefficient (Wildman–Crippen LogP) is 3.85. The SMILES string of the molecule is Cl.O=C(c1ccccc1)N1CCC2(CC1)CNc1c(F)cccc12. The number of benzene rings is 2. The number of hydrogen-bond acceptors (Lipinski definition) is 2. The monoisotopic (exact) mass is 346 g/mol. The number of hydrogen-bond donors (Lipinski definition) is 1. The molecule has 126 valence electrons. The summed E-state index contributed by atoms with van der Waals surface area (Å²) < 4.78 is 13.9. The van der Waals surface area contributed by atoms with Gasteiger partial charge in [0.15, 0.2) is 0 Å². The lowest BCUT2D eigenvalue weighted by Gasteiger charge is -2.39. The lowest BCUT2D eigenvalue weighted by atomic mass is 9.74. The number of nitrogens with one attached hydrogen (secondary N) is 1. The molecule has 2 aliphatic heterocycles. The molecule has 0 radical (unpaired) electrons. The zero-order valence-electron chi connectivity index (χ0n) is 13.3. The fourth-order valence-corrected chi connectivity index (χ4v) is 3.85. The third-order valence-electron chi connectivity index (χ3n) is 5.22. The van der Waals surface area contributed by atoms with Crippen molar-refractivity contribution in [1.29, 1.82) is 0 Å². The summed E-state index contributed by atoms with van der Waals surface area (Å²) >= 11 is 0.